The number of carbonyl (C=O) groups is 1. The minimum Gasteiger partial charge on any atom is -0.481 e. The first-order valence-electron chi connectivity index (χ1n) is 6.89. The minimum atomic E-state index is -0.506. The van der Waals surface area contributed by atoms with Crippen LogP contribution in [-0.4, -0.2) is 12.5 Å². The Kier molecular flexibility index (Phi) is 5.55. The van der Waals surface area contributed by atoms with Gasteiger partial charge in [0.25, 0.3) is 5.91 Å². The normalized spacial score (nSPS) is 11.8. The number of benzene rings is 2. The molecule has 0 aliphatic rings. The summed E-state index contributed by atoms with van der Waals surface area (Å²) in [6, 6.07) is 12.2. The average Bonchev–Trinajstić information content (AvgIpc) is 2.47. The molecule has 5 heteroatoms. The van der Waals surface area contributed by atoms with Crippen molar-refractivity contribution in [3.63, 3.8) is 0 Å². The molecule has 2 aromatic carbocycles. The fourth-order valence-corrected chi connectivity index (χ4v) is 2.29. The van der Waals surface area contributed by atoms with Crippen molar-refractivity contribution in [1.82, 2.24) is 5.32 Å². The van der Waals surface area contributed by atoms with Crippen LogP contribution < -0.4 is 10.1 Å². The number of halogens is 2. The summed E-state index contributed by atoms with van der Waals surface area (Å²) in [5.41, 5.74) is 2.17. The molecule has 1 N–H and O–H groups in total. The van der Waals surface area contributed by atoms with E-state index in [1.165, 1.54) is 12.1 Å². The molecule has 0 aliphatic carbocycles. The van der Waals surface area contributed by atoms with Crippen molar-refractivity contribution in [3.05, 3.63) is 63.9 Å². The molecule has 0 saturated carbocycles. The van der Waals surface area contributed by atoms with Crippen molar-refractivity contribution in [2.75, 3.05) is 6.61 Å². The summed E-state index contributed by atoms with van der Waals surface area (Å²) in [6.45, 7) is 3.67. The highest BCUT2D eigenvalue weighted by Gasteiger charge is 2.11. The number of hydrogen-bond acceptors (Lipinski definition) is 2. The molecule has 2 rings (SSSR count). The van der Waals surface area contributed by atoms with Gasteiger partial charge in [-0.3, -0.25) is 4.79 Å². The van der Waals surface area contributed by atoms with E-state index in [1.54, 1.807) is 6.07 Å². The van der Waals surface area contributed by atoms with Crippen LogP contribution in [0, 0.1) is 12.7 Å². The fraction of sp³-hybridized carbons (Fsp3) is 0.235. The van der Waals surface area contributed by atoms with Crippen molar-refractivity contribution in [1.29, 1.82) is 0 Å². The molecule has 22 heavy (non-hydrogen) atoms. The van der Waals surface area contributed by atoms with Gasteiger partial charge in [-0.15, -0.1) is 0 Å². The molecule has 2 aromatic rings. The van der Waals surface area contributed by atoms with Crippen LogP contribution in [0.2, 0.25) is 0 Å². The van der Waals surface area contributed by atoms with E-state index in [9.17, 15) is 9.18 Å². The minimum absolute atomic E-state index is 0.0568. The van der Waals surface area contributed by atoms with Crippen molar-refractivity contribution in [2.24, 2.45) is 0 Å². The first-order chi connectivity index (χ1) is 10.5. The Bertz CT molecular complexity index is 658. The molecule has 0 aliphatic heterocycles. The SMILES string of the molecule is Cc1ccc(C(C)NC(=O)COc2ccc(Br)cc2F)cc1. The number of amides is 1. The molecule has 1 atom stereocenters. The Morgan fingerprint density at radius 1 is 1.27 bits per heavy atom. The maximum atomic E-state index is 13.6. The van der Waals surface area contributed by atoms with Gasteiger partial charge in [-0.25, -0.2) is 4.39 Å². The van der Waals surface area contributed by atoms with Crippen LogP contribution in [0.15, 0.2) is 46.9 Å². The van der Waals surface area contributed by atoms with Gasteiger partial charge in [0, 0.05) is 4.47 Å². The van der Waals surface area contributed by atoms with Crippen LogP contribution in [0.3, 0.4) is 0 Å². The molecular formula is C17H17BrFNO2. The van der Waals surface area contributed by atoms with E-state index in [0.29, 0.717) is 4.47 Å². The van der Waals surface area contributed by atoms with Crippen LogP contribution in [0.25, 0.3) is 0 Å². The highest BCUT2D eigenvalue weighted by atomic mass is 79.9. The molecule has 0 spiro atoms. The maximum absolute atomic E-state index is 13.6. The molecule has 0 bridgehead atoms. The van der Waals surface area contributed by atoms with Gasteiger partial charge in [-0.1, -0.05) is 45.8 Å². The third kappa shape index (κ3) is 4.56. The smallest absolute Gasteiger partial charge is 0.258 e. The molecule has 0 saturated heterocycles. The average molecular weight is 366 g/mol. The number of nitrogens with one attached hydrogen (secondary N) is 1. The van der Waals surface area contributed by atoms with Crippen molar-refractivity contribution in [3.8, 4) is 5.75 Å². The van der Waals surface area contributed by atoms with Gasteiger partial charge < -0.3 is 10.1 Å². The summed E-state index contributed by atoms with van der Waals surface area (Å²) in [4.78, 5) is 11.9. The zero-order valence-electron chi connectivity index (χ0n) is 12.4. The Labute approximate surface area is 137 Å². The summed E-state index contributed by atoms with van der Waals surface area (Å²) in [5.74, 6) is -0.745. The second-order valence-corrected chi connectivity index (χ2v) is 5.98. The second-order valence-electron chi connectivity index (χ2n) is 5.06. The van der Waals surface area contributed by atoms with Gasteiger partial charge in [-0.2, -0.15) is 0 Å². The van der Waals surface area contributed by atoms with Gasteiger partial charge in [0.1, 0.15) is 0 Å². The van der Waals surface area contributed by atoms with E-state index >= 15 is 0 Å². The molecule has 1 amide bonds. The Morgan fingerprint density at radius 2 is 1.95 bits per heavy atom. The van der Waals surface area contributed by atoms with E-state index in [-0.39, 0.29) is 24.3 Å². The predicted molar refractivity (Wildman–Crippen MR) is 87.3 cm³/mol. The predicted octanol–water partition coefficient (Wildman–Crippen LogP) is 4.15. The third-order valence-corrected chi connectivity index (χ3v) is 3.70. The zero-order chi connectivity index (χ0) is 16.1. The largest absolute Gasteiger partial charge is 0.481 e. The second kappa shape index (κ2) is 7.40. The van der Waals surface area contributed by atoms with Crippen LogP contribution in [0.4, 0.5) is 4.39 Å². The molecule has 116 valence electrons. The Hall–Kier alpha value is -1.88. The summed E-state index contributed by atoms with van der Waals surface area (Å²) in [7, 11) is 0. The van der Waals surface area contributed by atoms with Gasteiger partial charge in [0.15, 0.2) is 18.2 Å². The lowest BCUT2D eigenvalue weighted by Gasteiger charge is -2.15. The topological polar surface area (TPSA) is 38.3 Å². The molecule has 0 heterocycles. The standard InChI is InChI=1S/C17H17BrFNO2/c1-11-3-5-13(6-4-11)12(2)20-17(21)10-22-16-8-7-14(18)9-15(16)19/h3-9,12H,10H2,1-2H3,(H,20,21). The van der Waals surface area contributed by atoms with Gasteiger partial charge in [0.2, 0.25) is 0 Å². The van der Waals surface area contributed by atoms with E-state index in [1.807, 2.05) is 38.1 Å². The Balaban J connectivity index is 1.88. The quantitative estimate of drug-likeness (QED) is 0.863. The lowest BCUT2D eigenvalue weighted by molar-refractivity contribution is -0.123. The van der Waals surface area contributed by atoms with Crippen molar-refractivity contribution < 1.29 is 13.9 Å². The van der Waals surface area contributed by atoms with E-state index in [2.05, 4.69) is 21.2 Å². The van der Waals surface area contributed by atoms with Crippen molar-refractivity contribution in [2.45, 2.75) is 19.9 Å². The third-order valence-electron chi connectivity index (χ3n) is 3.21. The van der Waals surface area contributed by atoms with Gasteiger partial charge in [0.05, 0.1) is 6.04 Å². The van der Waals surface area contributed by atoms with Crippen LogP contribution in [0.5, 0.6) is 5.75 Å². The van der Waals surface area contributed by atoms with Crippen LogP contribution >= 0.6 is 15.9 Å². The Morgan fingerprint density at radius 3 is 2.59 bits per heavy atom. The zero-order valence-corrected chi connectivity index (χ0v) is 14.0. The van der Waals surface area contributed by atoms with E-state index < -0.39 is 5.82 Å². The monoisotopic (exact) mass is 365 g/mol. The number of hydrogen-bond donors (Lipinski definition) is 1. The molecular weight excluding hydrogens is 349 g/mol. The lowest BCUT2D eigenvalue weighted by atomic mass is 10.1. The fourth-order valence-electron chi connectivity index (χ4n) is 1.96. The first kappa shape index (κ1) is 16.5. The molecule has 0 fully saturated rings. The lowest BCUT2D eigenvalue weighted by Crippen LogP contribution is -2.31. The molecule has 0 radical (unpaired) electrons. The number of ether oxygens (including phenoxy) is 1. The molecule has 1 unspecified atom stereocenters. The van der Waals surface area contributed by atoms with E-state index in [0.717, 1.165) is 11.1 Å². The highest BCUT2D eigenvalue weighted by molar-refractivity contribution is 9.10. The summed E-state index contributed by atoms with van der Waals surface area (Å²) in [5, 5.41) is 2.82. The summed E-state index contributed by atoms with van der Waals surface area (Å²) in [6.07, 6.45) is 0. The molecule has 3 nitrogen and oxygen atoms in total. The van der Waals surface area contributed by atoms with E-state index in [4.69, 9.17) is 4.74 Å². The molecule has 0 aromatic heterocycles. The van der Waals surface area contributed by atoms with Gasteiger partial charge >= 0.3 is 0 Å². The number of rotatable bonds is 5. The first-order valence-corrected chi connectivity index (χ1v) is 7.69. The van der Waals surface area contributed by atoms with Crippen molar-refractivity contribution >= 4 is 21.8 Å². The van der Waals surface area contributed by atoms with Crippen LogP contribution in [-0.2, 0) is 4.79 Å². The number of carbonyl (C=O) groups excluding carboxylic acids is 1. The summed E-state index contributed by atoms with van der Waals surface area (Å²) >= 11 is 3.17. The maximum Gasteiger partial charge on any atom is 0.258 e. The summed E-state index contributed by atoms with van der Waals surface area (Å²) < 4.78 is 19.4. The number of aryl methyl sites for hydroxylation is 1. The highest BCUT2D eigenvalue weighted by Crippen LogP contribution is 2.21. The van der Waals surface area contributed by atoms with Gasteiger partial charge in [-0.05, 0) is 37.6 Å². The van der Waals surface area contributed by atoms with Crippen LogP contribution in [0.1, 0.15) is 24.1 Å².